The Kier molecular flexibility index (Phi) is 7.66. The van der Waals surface area contributed by atoms with Gasteiger partial charge in [0.1, 0.15) is 41.4 Å². The summed E-state index contributed by atoms with van der Waals surface area (Å²) >= 11 is 5.84. The summed E-state index contributed by atoms with van der Waals surface area (Å²) in [5, 5.41) is 22.3. The summed E-state index contributed by atoms with van der Waals surface area (Å²) < 4.78 is 40.6. The van der Waals surface area contributed by atoms with Gasteiger partial charge in [-0.15, -0.1) is 0 Å². The van der Waals surface area contributed by atoms with Crippen LogP contribution in [-0.4, -0.2) is 54.6 Å². The van der Waals surface area contributed by atoms with Crippen molar-refractivity contribution in [3.8, 4) is 11.5 Å². The number of benzene rings is 3. The van der Waals surface area contributed by atoms with Crippen LogP contribution < -0.4 is 19.3 Å². The van der Waals surface area contributed by atoms with E-state index in [1.807, 2.05) is 12.1 Å². The molecule has 3 aromatic carbocycles. The molecule has 3 aromatic rings. The van der Waals surface area contributed by atoms with Crippen LogP contribution in [-0.2, 0) is 17.8 Å². The van der Waals surface area contributed by atoms with Crippen molar-refractivity contribution in [3.63, 3.8) is 0 Å². The third-order valence-electron chi connectivity index (χ3n) is 7.41. The minimum Gasteiger partial charge on any atom is -0.497 e. The van der Waals surface area contributed by atoms with Gasteiger partial charge in [0.15, 0.2) is 0 Å². The minimum atomic E-state index is -1.60. The zero-order chi connectivity index (χ0) is 27.7. The Morgan fingerprint density at radius 1 is 1.08 bits per heavy atom. The van der Waals surface area contributed by atoms with Gasteiger partial charge >= 0.3 is 0 Å². The van der Waals surface area contributed by atoms with Gasteiger partial charge in [0.2, 0.25) is 5.91 Å². The molecule has 2 atom stereocenters. The maximum Gasteiger partial charge on any atom is 0.227 e. The Bertz CT molecular complexity index is 1370. The Morgan fingerprint density at radius 3 is 2.54 bits per heavy atom. The highest BCUT2D eigenvalue weighted by Gasteiger charge is 2.42. The molecule has 0 aliphatic carbocycles. The first kappa shape index (κ1) is 27.2. The maximum absolute atomic E-state index is 15.1. The number of aliphatic hydroxyl groups is 2. The minimum absolute atomic E-state index is 0.00984. The molecule has 206 valence electrons. The van der Waals surface area contributed by atoms with Crippen molar-refractivity contribution in [1.29, 1.82) is 0 Å². The van der Waals surface area contributed by atoms with E-state index < -0.39 is 23.3 Å². The number of methoxy groups -OCH3 is 1. The van der Waals surface area contributed by atoms with Gasteiger partial charge in [-0.25, -0.2) is 8.78 Å². The maximum atomic E-state index is 15.1. The average Bonchev–Trinajstić information content (AvgIpc) is 2.92. The predicted molar refractivity (Wildman–Crippen MR) is 144 cm³/mol. The number of anilines is 2. The van der Waals surface area contributed by atoms with Crippen LogP contribution in [0.3, 0.4) is 0 Å². The van der Waals surface area contributed by atoms with E-state index in [9.17, 15) is 19.4 Å². The number of β-amino-alcohol motifs (C(OH)–C–C–N with tert-alkyl or cyclic N) is 1. The molecule has 0 saturated carbocycles. The highest BCUT2D eigenvalue weighted by Crippen LogP contribution is 2.39. The van der Waals surface area contributed by atoms with Gasteiger partial charge in [0.25, 0.3) is 0 Å². The van der Waals surface area contributed by atoms with Crippen molar-refractivity contribution < 1.29 is 33.3 Å². The molecule has 0 spiro atoms. The van der Waals surface area contributed by atoms with Crippen molar-refractivity contribution >= 4 is 28.9 Å². The van der Waals surface area contributed by atoms with Crippen LogP contribution >= 0.6 is 11.6 Å². The molecule has 2 aliphatic rings. The molecular formula is C29H29ClF2N2O5. The van der Waals surface area contributed by atoms with E-state index >= 15 is 4.39 Å². The fourth-order valence-electron chi connectivity index (χ4n) is 5.12. The van der Waals surface area contributed by atoms with Gasteiger partial charge < -0.3 is 29.5 Å². The Morgan fingerprint density at radius 2 is 1.85 bits per heavy atom. The number of hydrogen-bond donors (Lipinski definition) is 2. The number of carbonyl (C=O) groups is 1. The largest absolute Gasteiger partial charge is 0.497 e. The fourth-order valence-corrected chi connectivity index (χ4v) is 5.28. The highest BCUT2D eigenvalue weighted by atomic mass is 35.5. The number of rotatable bonds is 7. The van der Waals surface area contributed by atoms with Gasteiger partial charge in [-0.2, -0.15) is 0 Å². The third-order valence-corrected chi connectivity index (χ3v) is 7.64. The monoisotopic (exact) mass is 558 g/mol. The molecule has 2 heterocycles. The summed E-state index contributed by atoms with van der Waals surface area (Å²) in [6.45, 7) is 0.191. The number of ether oxygens (including phenoxy) is 2. The summed E-state index contributed by atoms with van der Waals surface area (Å²) in [7, 11) is 1.56. The van der Waals surface area contributed by atoms with Crippen molar-refractivity contribution in [1.82, 2.24) is 0 Å². The normalized spacial score (nSPS) is 21.1. The number of halogens is 3. The van der Waals surface area contributed by atoms with Crippen molar-refractivity contribution in [3.05, 3.63) is 82.4 Å². The molecule has 7 nitrogen and oxygen atoms in total. The summed E-state index contributed by atoms with van der Waals surface area (Å²) in [5.74, 6) is -0.245. The summed E-state index contributed by atoms with van der Waals surface area (Å²) in [6.07, 6.45) is -0.657. The van der Waals surface area contributed by atoms with E-state index in [1.54, 1.807) is 30.2 Å². The number of piperidine rings is 1. The number of fused-ring (bicyclic) bond motifs is 1. The van der Waals surface area contributed by atoms with Crippen molar-refractivity contribution in [2.24, 2.45) is 0 Å². The second-order valence-corrected chi connectivity index (χ2v) is 10.3. The lowest BCUT2D eigenvalue weighted by Gasteiger charge is -2.43. The lowest BCUT2D eigenvalue weighted by atomic mass is 9.89. The van der Waals surface area contributed by atoms with Crippen LogP contribution in [0.15, 0.2) is 54.6 Å². The van der Waals surface area contributed by atoms with E-state index in [0.717, 1.165) is 5.56 Å². The van der Waals surface area contributed by atoms with Crippen molar-refractivity contribution in [2.45, 2.75) is 37.5 Å². The second-order valence-electron chi connectivity index (χ2n) is 9.90. The Hall–Kier alpha value is -3.40. The smallest absolute Gasteiger partial charge is 0.227 e. The van der Waals surface area contributed by atoms with Crippen LogP contribution in [0.25, 0.3) is 0 Å². The third kappa shape index (κ3) is 5.52. The summed E-state index contributed by atoms with van der Waals surface area (Å²) in [4.78, 5) is 15.9. The predicted octanol–water partition coefficient (Wildman–Crippen LogP) is 4.49. The van der Waals surface area contributed by atoms with E-state index in [1.165, 1.54) is 29.2 Å². The molecule has 0 aromatic heterocycles. The van der Waals surface area contributed by atoms with E-state index in [2.05, 4.69) is 0 Å². The van der Waals surface area contributed by atoms with Gasteiger partial charge in [0.05, 0.1) is 25.0 Å². The van der Waals surface area contributed by atoms with Gasteiger partial charge in [-0.05, 0) is 60.9 Å². The number of aliphatic hydroxyl groups excluding tert-OH is 1. The lowest BCUT2D eigenvalue weighted by Crippen LogP contribution is -2.58. The SMILES string of the molecule is COc1ccc(CN2C(=O)CCc3c(OC[C@@]4(O)CCN(c5ccc(Cl)cc5F)C[C@@H]4O)ccc(F)c32)cc1. The molecule has 2 aliphatic heterocycles. The van der Waals surface area contributed by atoms with E-state index in [0.29, 0.717) is 17.1 Å². The molecule has 1 amide bonds. The molecular weight excluding hydrogens is 530 g/mol. The standard InChI is InChI=1S/C29H29ClF2N2O5/c1-38-20-5-2-18(3-6-20)15-34-27(36)11-7-21-25(10-8-22(31)28(21)34)39-17-29(37)12-13-33(16-26(29)35)24-9-4-19(30)14-23(24)32/h2-6,8-10,14,26,35,37H,7,11-13,15-17H2,1H3/t26-,29-/m0/s1. The van der Waals surface area contributed by atoms with E-state index in [-0.39, 0.29) is 67.8 Å². The van der Waals surface area contributed by atoms with Crippen LogP contribution in [0.2, 0.25) is 5.02 Å². The topological polar surface area (TPSA) is 82.5 Å². The molecule has 1 fully saturated rings. The fraction of sp³-hybridized carbons (Fsp3) is 0.345. The van der Waals surface area contributed by atoms with Gasteiger partial charge in [-0.1, -0.05) is 23.7 Å². The Balaban J connectivity index is 1.32. The van der Waals surface area contributed by atoms with Crippen LogP contribution in [0.4, 0.5) is 20.2 Å². The van der Waals surface area contributed by atoms with Crippen LogP contribution in [0.1, 0.15) is 24.0 Å². The molecule has 2 N–H and O–H groups in total. The zero-order valence-electron chi connectivity index (χ0n) is 21.4. The lowest BCUT2D eigenvalue weighted by molar-refractivity contribution is -0.119. The molecule has 39 heavy (non-hydrogen) atoms. The van der Waals surface area contributed by atoms with Crippen LogP contribution in [0.5, 0.6) is 11.5 Å². The van der Waals surface area contributed by atoms with Gasteiger partial charge in [-0.3, -0.25) is 4.79 Å². The number of carbonyl (C=O) groups excluding carboxylic acids is 1. The molecule has 0 unspecified atom stereocenters. The number of nitrogens with zero attached hydrogens (tertiary/aromatic N) is 2. The molecule has 5 rings (SSSR count). The first-order valence-electron chi connectivity index (χ1n) is 12.7. The first-order valence-corrected chi connectivity index (χ1v) is 13.0. The first-order chi connectivity index (χ1) is 18.7. The molecule has 10 heteroatoms. The molecule has 1 saturated heterocycles. The number of hydrogen-bond acceptors (Lipinski definition) is 6. The van der Waals surface area contributed by atoms with E-state index in [4.69, 9.17) is 21.1 Å². The van der Waals surface area contributed by atoms with Crippen molar-refractivity contribution in [2.75, 3.05) is 36.6 Å². The number of amides is 1. The second kappa shape index (κ2) is 11.0. The van der Waals surface area contributed by atoms with Crippen LogP contribution in [0, 0.1) is 11.6 Å². The molecule has 0 radical (unpaired) electrons. The highest BCUT2D eigenvalue weighted by molar-refractivity contribution is 6.30. The quantitative estimate of drug-likeness (QED) is 0.445. The summed E-state index contributed by atoms with van der Waals surface area (Å²) in [6, 6.07) is 14.2. The van der Waals surface area contributed by atoms with Gasteiger partial charge in [0, 0.05) is 30.1 Å². The Labute approximate surface area is 230 Å². The molecule has 0 bridgehead atoms. The summed E-state index contributed by atoms with van der Waals surface area (Å²) in [5.41, 5.74) is 0.176. The zero-order valence-corrected chi connectivity index (χ0v) is 22.1. The average molecular weight is 559 g/mol.